The third-order valence-electron chi connectivity index (χ3n) is 3.92. The largest absolute Gasteiger partial charge is 0.453 e. The minimum atomic E-state index is -0.793. The van der Waals surface area contributed by atoms with Gasteiger partial charge < -0.3 is 14.6 Å². The minimum Gasteiger partial charge on any atom is -0.453 e. The van der Waals surface area contributed by atoms with Crippen molar-refractivity contribution in [2.75, 3.05) is 0 Å². The van der Waals surface area contributed by atoms with Crippen molar-refractivity contribution in [3.63, 3.8) is 0 Å². The maximum absolute atomic E-state index is 11.9. The first-order chi connectivity index (χ1) is 12.0. The van der Waals surface area contributed by atoms with E-state index in [-0.39, 0.29) is 24.8 Å². The normalized spacial score (nSPS) is 14.8. The monoisotopic (exact) mass is 343 g/mol. The number of ether oxygens (including phenoxy) is 1. The maximum atomic E-state index is 11.9. The summed E-state index contributed by atoms with van der Waals surface area (Å²) in [6.45, 7) is 3.57. The van der Waals surface area contributed by atoms with Crippen LogP contribution in [0.4, 0.5) is 0 Å². The van der Waals surface area contributed by atoms with Crippen molar-refractivity contribution in [2.24, 2.45) is 0 Å². The summed E-state index contributed by atoms with van der Waals surface area (Å²) in [7, 11) is 0. The van der Waals surface area contributed by atoms with Crippen LogP contribution in [0.5, 0.6) is 0 Å². The van der Waals surface area contributed by atoms with Gasteiger partial charge in [0, 0.05) is 18.0 Å². The summed E-state index contributed by atoms with van der Waals surface area (Å²) in [6, 6.07) is 8.01. The van der Waals surface area contributed by atoms with Gasteiger partial charge in [0.1, 0.15) is 0 Å². The second-order valence-corrected chi connectivity index (χ2v) is 6.29. The van der Waals surface area contributed by atoms with E-state index < -0.39 is 12.1 Å². The van der Waals surface area contributed by atoms with E-state index in [0.717, 1.165) is 24.0 Å². The Bertz CT molecular complexity index is 750. The second-order valence-electron chi connectivity index (χ2n) is 6.29. The van der Waals surface area contributed by atoms with Crippen LogP contribution in [0.15, 0.2) is 28.8 Å². The quantitative estimate of drug-likeness (QED) is 0.775. The number of aromatic nitrogens is 2. The Kier molecular flexibility index (Phi) is 5.11. The molecule has 1 heterocycles. The van der Waals surface area contributed by atoms with Gasteiger partial charge in [0.05, 0.1) is 6.42 Å². The highest BCUT2D eigenvalue weighted by Gasteiger charge is 2.27. The Hall–Kier alpha value is -2.70. The fourth-order valence-corrected chi connectivity index (χ4v) is 2.24. The molecule has 0 saturated heterocycles. The predicted molar refractivity (Wildman–Crippen MR) is 89.5 cm³/mol. The third kappa shape index (κ3) is 4.89. The van der Waals surface area contributed by atoms with Gasteiger partial charge in [-0.1, -0.05) is 35.0 Å². The number of esters is 1. The summed E-state index contributed by atoms with van der Waals surface area (Å²) >= 11 is 0. The number of carbonyl (C=O) groups excluding carboxylic acids is 2. The zero-order valence-electron chi connectivity index (χ0n) is 14.3. The van der Waals surface area contributed by atoms with E-state index in [1.165, 1.54) is 0 Å². The van der Waals surface area contributed by atoms with Crippen LogP contribution in [0, 0.1) is 6.92 Å². The Balaban J connectivity index is 1.47. The summed E-state index contributed by atoms with van der Waals surface area (Å²) in [6.07, 6.45) is 1.55. The molecule has 1 N–H and O–H groups in total. The molecule has 7 heteroatoms. The molecule has 1 aliphatic carbocycles. The van der Waals surface area contributed by atoms with Crippen LogP contribution >= 0.6 is 0 Å². The first kappa shape index (κ1) is 17.1. The zero-order valence-corrected chi connectivity index (χ0v) is 14.3. The highest BCUT2D eigenvalue weighted by atomic mass is 16.5. The molecule has 1 aliphatic rings. The van der Waals surface area contributed by atoms with Crippen molar-refractivity contribution in [2.45, 2.75) is 51.7 Å². The highest BCUT2D eigenvalue weighted by molar-refractivity contribution is 5.83. The topological polar surface area (TPSA) is 94.3 Å². The lowest BCUT2D eigenvalue weighted by atomic mass is 10.1. The van der Waals surface area contributed by atoms with Gasteiger partial charge >= 0.3 is 5.97 Å². The Morgan fingerprint density at radius 3 is 2.72 bits per heavy atom. The van der Waals surface area contributed by atoms with Gasteiger partial charge in [-0.25, -0.2) is 0 Å². The highest BCUT2D eigenvalue weighted by Crippen LogP contribution is 2.19. The Morgan fingerprint density at radius 1 is 1.32 bits per heavy atom. The number of carbonyl (C=O) groups is 2. The molecule has 0 radical (unpaired) electrons. The van der Waals surface area contributed by atoms with Crippen molar-refractivity contribution in [3.05, 3.63) is 35.7 Å². The lowest BCUT2D eigenvalue weighted by Gasteiger charge is -2.12. The molecule has 1 atom stereocenters. The molecule has 1 aromatic carbocycles. The van der Waals surface area contributed by atoms with E-state index in [0.29, 0.717) is 11.7 Å². The Labute approximate surface area is 145 Å². The molecule has 0 unspecified atom stereocenters. The molecule has 1 saturated carbocycles. The molecular weight excluding hydrogens is 322 g/mol. The van der Waals surface area contributed by atoms with Crippen LogP contribution < -0.4 is 5.32 Å². The van der Waals surface area contributed by atoms with E-state index in [1.807, 2.05) is 31.2 Å². The van der Waals surface area contributed by atoms with Crippen LogP contribution in [0.2, 0.25) is 0 Å². The van der Waals surface area contributed by atoms with Gasteiger partial charge in [-0.3, -0.25) is 9.59 Å². The molecule has 25 heavy (non-hydrogen) atoms. The van der Waals surface area contributed by atoms with E-state index in [4.69, 9.17) is 9.26 Å². The molecule has 0 spiro atoms. The van der Waals surface area contributed by atoms with Crippen LogP contribution in [0.3, 0.4) is 0 Å². The number of rotatable bonds is 7. The van der Waals surface area contributed by atoms with E-state index in [2.05, 4.69) is 15.5 Å². The number of aryl methyl sites for hydroxylation is 2. The number of hydrogen-bond donors (Lipinski definition) is 1. The molecular formula is C18H21N3O4. The lowest BCUT2D eigenvalue weighted by Crippen LogP contribution is -2.37. The minimum absolute atomic E-state index is 0.0799. The SMILES string of the molecule is Cc1ccc(-c2noc(CCC(=O)O[C@H](C)C(=O)NC3CC3)n2)cc1. The van der Waals surface area contributed by atoms with Gasteiger partial charge in [-0.15, -0.1) is 0 Å². The van der Waals surface area contributed by atoms with E-state index >= 15 is 0 Å². The van der Waals surface area contributed by atoms with E-state index in [9.17, 15) is 9.59 Å². The molecule has 7 nitrogen and oxygen atoms in total. The molecule has 2 aromatic rings. The molecule has 0 bridgehead atoms. The first-order valence-corrected chi connectivity index (χ1v) is 8.41. The second kappa shape index (κ2) is 7.46. The van der Waals surface area contributed by atoms with Crippen LogP contribution in [0.1, 0.15) is 37.6 Å². The summed E-state index contributed by atoms with van der Waals surface area (Å²) in [5, 5.41) is 6.72. The van der Waals surface area contributed by atoms with Gasteiger partial charge in [0.2, 0.25) is 11.7 Å². The van der Waals surface area contributed by atoms with Crippen molar-refractivity contribution < 1.29 is 18.8 Å². The fraction of sp³-hybridized carbons (Fsp3) is 0.444. The van der Waals surface area contributed by atoms with Gasteiger partial charge in [-0.2, -0.15) is 4.98 Å². The van der Waals surface area contributed by atoms with Crippen LogP contribution in [0.25, 0.3) is 11.4 Å². The van der Waals surface area contributed by atoms with Gasteiger partial charge in [-0.05, 0) is 26.7 Å². The third-order valence-corrected chi connectivity index (χ3v) is 3.92. The number of nitrogens with zero attached hydrogens (tertiary/aromatic N) is 2. The summed E-state index contributed by atoms with van der Waals surface area (Å²) in [5.41, 5.74) is 2.00. The van der Waals surface area contributed by atoms with E-state index in [1.54, 1.807) is 6.92 Å². The maximum Gasteiger partial charge on any atom is 0.307 e. The molecule has 3 rings (SSSR count). The Morgan fingerprint density at radius 2 is 2.04 bits per heavy atom. The van der Waals surface area contributed by atoms with Gasteiger partial charge in [0.15, 0.2) is 6.10 Å². The zero-order chi connectivity index (χ0) is 17.8. The summed E-state index contributed by atoms with van der Waals surface area (Å²) in [4.78, 5) is 27.9. The standard InChI is InChI=1S/C18H21N3O4/c1-11-3-5-13(6-4-11)17-20-15(25-21-17)9-10-16(22)24-12(2)18(23)19-14-7-8-14/h3-6,12,14H,7-10H2,1-2H3,(H,19,23)/t12-/m1/s1. The van der Waals surface area contributed by atoms with Crippen LogP contribution in [-0.4, -0.2) is 34.2 Å². The lowest BCUT2D eigenvalue weighted by molar-refractivity contribution is -0.154. The van der Waals surface area contributed by atoms with Crippen molar-refractivity contribution in [1.82, 2.24) is 15.5 Å². The first-order valence-electron chi connectivity index (χ1n) is 8.41. The molecule has 1 amide bonds. The van der Waals surface area contributed by atoms with Crippen molar-refractivity contribution in [1.29, 1.82) is 0 Å². The molecule has 132 valence electrons. The summed E-state index contributed by atoms with van der Waals surface area (Å²) < 4.78 is 10.3. The molecule has 1 fully saturated rings. The number of benzene rings is 1. The smallest absolute Gasteiger partial charge is 0.307 e. The number of nitrogens with one attached hydrogen (secondary N) is 1. The van der Waals surface area contributed by atoms with Crippen LogP contribution in [-0.2, 0) is 20.7 Å². The van der Waals surface area contributed by atoms with Gasteiger partial charge in [0.25, 0.3) is 5.91 Å². The van der Waals surface area contributed by atoms with Crippen molar-refractivity contribution in [3.8, 4) is 11.4 Å². The fourth-order valence-electron chi connectivity index (χ4n) is 2.24. The summed E-state index contributed by atoms with van der Waals surface area (Å²) in [5.74, 6) is 0.131. The van der Waals surface area contributed by atoms with Crippen molar-refractivity contribution >= 4 is 11.9 Å². The predicted octanol–water partition coefficient (Wildman–Crippen LogP) is 2.19. The average molecular weight is 343 g/mol. The molecule has 0 aliphatic heterocycles. The average Bonchev–Trinajstić information content (AvgIpc) is 3.28. The number of amides is 1. The molecule has 1 aromatic heterocycles. The number of hydrogen-bond acceptors (Lipinski definition) is 6.